The Labute approximate surface area is 127 Å². The van der Waals surface area contributed by atoms with Crippen molar-refractivity contribution in [3.63, 3.8) is 0 Å². The van der Waals surface area contributed by atoms with Gasteiger partial charge in [-0.15, -0.1) is 0 Å². The average Bonchev–Trinajstić information content (AvgIpc) is 2.74. The fraction of sp³-hybridized carbons (Fsp3) is 0.588. The lowest BCUT2D eigenvalue weighted by molar-refractivity contribution is 0.0602. The lowest BCUT2D eigenvalue weighted by atomic mass is 9.98. The van der Waals surface area contributed by atoms with Crippen LogP contribution in [0.25, 0.3) is 0 Å². The van der Waals surface area contributed by atoms with Crippen molar-refractivity contribution in [3.05, 3.63) is 23.3 Å². The van der Waals surface area contributed by atoms with E-state index in [0.29, 0.717) is 11.3 Å². The van der Waals surface area contributed by atoms with Crippen LogP contribution in [0.3, 0.4) is 0 Å². The number of benzene rings is 1. The first kappa shape index (κ1) is 15.7. The molecule has 1 aliphatic rings. The normalized spacial score (nSPS) is 19.2. The van der Waals surface area contributed by atoms with E-state index in [1.54, 1.807) is 0 Å². The molecular formula is C17H26N2O2. The zero-order chi connectivity index (χ0) is 15.4. The molecule has 2 rings (SSSR count). The van der Waals surface area contributed by atoms with Crippen LogP contribution in [0, 0.1) is 12.8 Å². The van der Waals surface area contributed by atoms with Gasteiger partial charge in [-0.25, -0.2) is 4.79 Å². The van der Waals surface area contributed by atoms with Gasteiger partial charge in [0.05, 0.1) is 12.7 Å². The number of nitrogen functional groups attached to an aromatic ring is 1. The molecule has 1 aromatic carbocycles. The van der Waals surface area contributed by atoms with Crippen LogP contribution in [0.15, 0.2) is 12.1 Å². The van der Waals surface area contributed by atoms with Gasteiger partial charge in [-0.05, 0) is 49.8 Å². The van der Waals surface area contributed by atoms with Gasteiger partial charge in [-0.2, -0.15) is 0 Å². The molecule has 0 saturated carbocycles. The van der Waals surface area contributed by atoms with Gasteiger partial charge in [0.1, 0.15) is 0 Å². The summed E-state index contributed by atoms with van der Waals surface area (Å²) in [5.41, 5.74) is 9.03. The maximum Gasteiger partial charge on any atom is 0.340 e. The highest BCUT2D eigenvalue weighted by atomic mass is 16.5. The first-order chi connectivity index (χ1) is 10.1. The van der Waals surface area contributed by atoms with Gasteiger partial charge in [-0.3, -0.25) is 0 Å². The minimum Gasteiger partial charge on any atom is -0.465 e. The average molecular weight is 290 g/mol. The summed E-state index contributed by atoms with van der Waals surface area (Å²) in [5, 5.41) is 0. The predicted octanol–water partition coefficient (Wildman–Crippen LogP) is 3.38. The number of aryl methyl sites for hydroxylation is 1. The first-order valence-electron chi connectivity index (χ1n) is 7.80. The Kier molecular flexibility index (Phi) is 5.10. The van der Waals surface area contributed by atoms with Crippen LogP contribution >= 0.6 is 0 Å². The van der Waals surface area contributed by atoms with Crippen molar-refractivity contribution in [1.82, 2.24) is 0 Å². The summed E-state index contributed by atoms with van der Waals surface area (Å²) >= 11 is 0. The second-order valence-electron chi connectivity index (χ2n) is 5.91. The van der Waals surface area contributed by atoms with E-state index in [0.717, 1.165) is 30.3 Å². The molecular weight excluding hydrogens is 264 g/mol. The Morgan fingerprint density at radius 3 is 2.81 bits per heavy atom. The summed E-state index contributed by atoms with van der Waals surface area (Å²) < 4.78 is 4.84. The molecule has 1 fully saturated rings. The lowest BCUT2D eigenvalue weighted by Crippen LogP contribution is -2.25. The third-order valence-corrected chi connectivity index (χ3v) is 4.57. The molecule has 4 heteroatoms. The lowest BCUT2D eigenvalue weighted by Gasteiger charge is -2.24. The van der Waals surface area contributed by atoms with E-state index < -0.39 is 0 Å². The highest BCUT2D eigenvalue weighted by Crippen LogP contribution is 2.29. The van der Waals surface area contributed by atoms with E-state index in [4.69, 9.17) is 10.5 Å². The highest BCUT2D eigenvalue weighted by molar-refractivity contribution is 5.97. The molecule has 21 heavy (non-hydrogen) atoms. The van der Waals surface area contributed by atoms with Crippen LogP contribution in [0.5, 0.6) is 0 Å². The molecule has 0 bridgehead atoms. The third-order valence-electron chi connectivity index (χ3n) is 4.57. The minimum absolute atomic E-state index is 0.362. The number of carbonyl (C=O) groups excluding carboxylic acids is 1. The second-order valence-corrected chi connectivity index (χ2v) is 5.91. The van der Waals surface area contributed by atoms with Gasteiger partial charge >= 0.3 is 5.97 Å². The number of methoxy groups -OCH3 is 1. The predicted molar refractivity (Wildman–Crippen MR) is 86.8 cm³/mol. The Balaban J connectivity index is 2.27. The molecule has 1 saturated heterocycles. The largest absolute Gasteiger partial charge is 0.465 e. The number of hydrogen-bond acceptors (Lipinski definition) is 4. The van der Waals surface area contributed by atoms with Gasteiger partial charge in [0, 0.05) is 24.5 Å². The minimum atomic E-state index is -0.362. The van der Waals surface area contributed by atoms with Crippen molar-refractivity contribution in [2.75, 3.05) is 30.8 Å². The van der Waals surface area contributed by atoms with Crippen LogP contribution in [-0.4, -0.2) is 26.2 Å². The van der Waals surface area contributed by atoms with Crippen LogP contribution < -0.4 is 10.6 Å². The van der Waals surface area contributed by atoms with E-state index in [-0.39, 0.29) is 5.97 Å². The van der Waals surface area contributed by atoms with E-state index >= 15 is 0 Å². The molecule has 2 N–H and O–H groups in total. The second kappa shape index (κ2) is 6.83. The smallest absolute Gasteiger partial charge is 0.340 e. The van der Waals surface area contributed by atoms with Gasteiger partial charge in [0.25, 0.3) is 0 Å². The van der Waals surface area contributed by atoms with Crippen molar-refractivity contribution in [3.8, 4) is 0 Å². The Morgan fingerprint density at radius 2 is 2.14 bits per heavy atom. The summed E-state index contributed by atoms with van der Waals surface area (Å²) in [6.45, 7) is 6.30. The molecule has 1 aromatic rings. The molecule has 0 amide bonds. The van der Waals surface area contributed by atoms with E-state index in [9.17, 15) is 4.79 Å². The topological polar surface area (TPSA) is 55.6 Å². The van der Waals surface area contributed by atoms with Gasteiger partial charge in [0.2, 0.25) is 0 Å². The molecule has 116 valence electrons. The number of ether oxygens (including phenoxy) is 1. The maximum atomic E-state index is 11.9. The van der Waals surface area contributed by atoms with Crippen LogP contribution in [0.4, 0.5) is 11.4 Å². The number of hydrogen-bond donors (Lipinski definition) is 1. The van der Waals surface area contributed by atoms with Crippen LogP contribution in [0.1, 0.15) is 48.5 Å². The SMILES string of the molecule is CCC1CCCN(c2cc(C)c(N)c(C(=O)OC)c2)CC1. The van der Waals surface area contributed by atoms with Crippen LogP contribution in [-0.2, 0) is 4.74 Å². The van der Waals surface area contributed by atoms with Crippen molar-refractivity contribution in [1.29, 1.82) is 0 Å². The zero-order valence-electron chi connectivity index (χ0n) is 13.3. The molecule has 1 unspecified atom stereocenters. The van der Waals surface area contributed by atoms with Crippen molar-refractivity contribution < 1.29 is 9.53 Å². The summed E-state index contributed by atoms with van der Waals surface area (Å²) in [5.74, 6) is 0.462. The molecule has 0 radical (unpaired) electrons. The molecule has 1 heterocycles. The molecule has 0 spiro atoms. The molecule has 1 aliphatic heterocycles. The number of rotatable bonds is 3. The first-order valence-corrected chi connectivity index (χ1v) is 7.80. The standard InChI is InChI=1S/C17H26N2O2/c1-4-13-6-5-8-19(9-7-13)14-10-12(2)16(18)15(11-14)17(20)21-3/h10-11,13H,4-9,18H2,1-3H3. The third kappa shape index (κ3) is 3.49. The van der Waals surface area contributed by atoms with Gasteiger partial charge < -0.3 is 15.4 Å². The molecule has 0 aliphatic carbocycles. The molecule has 4 nitrogen and oxygen atoms in total. The van der Waals surface area contributed by atoms with Crippen molar-refractivity contribution in [2.24, 2.45) is 5.92 Å². The summed E-state index contributed by atoms with van der Waals surface area (Å²) in [6, 6.07) is 3.95. The Bertz CT molecular complexity index is 514. The Hall–Kier alpha value is -1.71. The van der Waals surface area contributed by atoms with Crippen molar-refractivity contribution in [2.45, 2.75) is 39.5 Å². The number of carbonyl (C=O) groups is 1. The number of nitrogens with two attached hydrogens (primary N) is 1. The fourth-order valence-corrected chi connectivity index (χ4v) is 3.07. The van der Waals surface area contributed by atoms with E-state index in [1.165, 1.54) is 32.8 Å². The zero-order valence-corrected chi connectivity index (χ0v) is 13.3. The van der Waals surface area contributed by atoms with Gasteiger partial charge in [0.15, 0.2) is 0 Å². The van der Waals surface area contributed by atoms with E-state index in [1.807, 2.05) is 13.0 Å². The fourth-order valence-electron chi connectivity index (χ4n) is 3.07. The van der Waals surface area contributed by atoms with Crippen molar-refractivity contribution >= 4 is 17.3 Å². The number of esters is 1. The van der Waals surface area contributed by atoms with Gasteiger partial charge in [-0.1, -0.05) is 13.3 Å². The summed E-state index contributed by atoms with van der Waals surface area (Å²) in [7, 11) is 1.39. The van der Waals surface area contributed by atoms with Crippen LogP contribution in [0.2, 0.25) is 0 Å². The summed E-state index contributed by atoms with van der Waals surface area (Å²) in [4.78, 5) is 14.2. The number of anilines is 2. The molecule has 0 aromatic heterocycles. The Morgan fingerprint density at radius 1 is 1.38 bits per heavy atom. The maximum absolute atomic E-state index is 11.9. The summed E-state index contributed by atoms with van der Waals surface area (Å²) in [6.07, 6.45) is 4.97. The molecule has 1 atom stereocenters. The number of nitrogens with zero attached hydrogens (tertiary/aromatic N) is 1. The van der Waals surface area contributed by atoms with E-state index in [2.05, 4.69) is 17.9 Å². The highest BCUT2D eigenvalue weighted by Gasteiger charge is 2.19. The monoisotopic (exact) mass is 290 g/mol. The quantitative estimate of drug-likeness (QED) is 0.685.